The molecule has 4 heterocycles. The molecule has 2 amide bonds. The number of likely N-dealkylation sites (tertiary alicyclic amines) is 2. The SMILES string of the molecule is CCC1CCN(C(=O)N2CCC3(CC2)CCN(c2ccncc2)C3)CC1. The second-order valence-corrected chi connectivity index (χ2v) is 8.49. The molecule has 0 bridgehead atoms. The van der Waals surface area contributed by atoms with Gasteiger partial charge in [0.15, 0.2) is 0 Å². The number of pyridine rings is 1. The van der Waals surface area contributed by atoms with Crippen LogP contribution < -0.4 is 4.90 Å². The van der Waals surface area contributed by atoms with E-state index in [1.807, 2.05) is 12.4 Å². The molecule has 0 radical (unpaired) electrons. The van der Waals surface area contributed by atoms with Gasteiger partial charge in [-0.15, -0.1) is 0 Å². The molecule has 5 nitrogen and oxygen atoms in total. The molecule has 0 aliphatic carbocycles. The van der Waals surface area contributed by atoms with Crippen LogP contribution in [0.15, 0.2) is 24.5 Å². The maximum Gasteiger partial charge on any atom is 0.319 e. The highest BCUT2D eigenvalue weighted by molar-refractivity contribution is 5.74. The Balaban J connectivity index is 1.30. The first-order chi connectivity index (χ1) is 12.7. The lowest BCUT2D eigenvalue weighted by Crippen LogP contribution is -2.51. The van der Waals surface area contributed by atoms with Gasteiger partial charge < -0.3 is 14.7 Å². The molecule has 142 valence electrons. The zero-order valence-electron chi connectivity index (χ0n) is 16.1. The van der Waals surface area contributed by atoms with E-state index in [0.717, 1.165) is 58.0 Å². The summed E-state index contributed by atoms with van der Waals surface area (Å²) < 4.78 is 0. The summed E-state index contributed by atoms with van der Waals surface area (Å²) >= 11 is 0. The quantitative estimate of drug-likeness (QED) is 0.812. The Morgan fingerprint density at radius 2 is 1.65 bits per heavy atom. The minimum absolute atomic E-state index is 0.290. The summed E-state index contributed by atoms with van der Waals surface area (Å²) in [6.07, 6.45) is 10.9. The molecule has 5 heteroatoms. The van der Waals surface area contributed by atoms with Gasteiger partial charge in [-0.25, -0.2) is 4.79 Å². The molecule has 4 rings (SSSR count). The molecule has 0 atom stereocenters. The first kappa shape index (κ1) is 17.6. The lowest BCUT2D eigenvalue weighted by Gasteiger charge is -2.42. The third-order valence-corrected chi connectivity index (χ3v) is 7.02. The molecule has 3 saturated heterocycles. The van der Waals surface area contributed by atoms with Crippen molar-refractivity contribution < 1.29 is 4.79 Å². The van der Waals surface area contributed by atoms with E-state index in [9.17, 15) is 4.79 Å². The zero-order valence-corrected chi connectivity index (χ0v) is 16.1. The largest absolute Gasteiger partial charge is 0.371 e. The first-order valence-corrected chi connectivity index (χ1v) is 10.4. The molecule has 1 aromatic heterocycles. The van der Waals surface area contributed by atoms with Crippen LogP contribution in [-0.2, 0) is 0 Å². The molecule has 0 N–H and O–H groups in total. The second kappa shape index (κ2) is 7.45. The van der Waals surface area contributed by atoms with Crippen molar-refractivity contribution in [1.82, 2.24) is 14.8 Å². The van der Waals surface area contributed by atoms with Gasteiger partial charge in [-0.3, -0.25) is 4.98 Å². The summed E-state index contributed by atoms with van der Waals surface area (Å²) in [5.41, 5.74) is 1.68. The summed E-state index contributed by atoms with van der Waals surface area (Å²) in [4.78, 5) is 23.7. The van der Waals surface area contributed by atoms with Crippen molar-refractivity contribution in [3.63, 3.8) is 0 Å². The Hall–Kier alpha value is -1.78. The van der Waals surface area contributed by atoms with Gasteiger partial charge in [0.25, 0.3) is 0 Å². The highest BCUT2D eigenvalue weighted by atomic mass is 16.2. The van der Waals surface area contributed by atoms with Crippen LogP contribution in [-0.4, -0.2) is 60.1 Å². The molecule has 1 aromatic rings. The molecule has 0 unspecified atom stereocenters. The van der Waals surface area contributed by atoms with Gasteiger partial charge in [0, 0.05) is 57.3 Å². The van der Waals surface area contributed by atoms with E-state index in [0.29, 0.717) is 11.4 Å². The molecule has 26 heavy (non-hydrogen) atoms. The van der Waals surface area contributed by atoms with Crippen LogP contribution in [0.1, 0.15) is 45.4 Å². The van der Waals surface area contributed by atoms with E-state index < -0.39 is 0 Å². The van der Waals surface area contributed by atoms with Gasteiger partial charge in [0.05, 0.1) is 0 Å². The smallest absolute Gasteiger partial charge is 0.319 e. The first-order valence-electron chi connectivity index (χ1n) is 10.4. The van der Waals surface area contributed by atoms with Crippen molar-refractivity contribution in [3.8, 4) is 0 Å². The van der Waals surface area contributed by atoms with Gasteiger partial charge in [-0.2, -0.15) is 0 Å². The van der Waals surface area contributed by atoms with E-state index in [-0.39, 0.29) is 0 Å². The molecule has 0 saturated carbocycles. The fourth-order valence-corrected chi connectivity index (χ4v) is 5.02. The van der Waals surface area contributed by atoms with Crippen molar-refractivity contribution in [1.29, 1.82) is 0 Å². The topological polar surface area (TPSA) is 39.7 Å². The Morgan fingerprint density at radius 3 is 2.31 bits per heavy atom. The van der Waals surface area contributed by atoms with Crippen LogP contribution in [0, 0.1) is 11.3 Å². The van der Waals surface area contributed by atoms with Crippen LogP contribution in [0.2, 0.25) is 0 Å². The number of nitrogens with zero attached hydrogens (tertiary/aromatic N) is 4. The summed E-state index contributed by atoms with van der Waals surface area (Å²) in [6.45, 7) is 8.28. The standard InChI is InChI=1S/C21H32N4O/c1-2-18-5-12-23(13-6-18)20(26)24-14-7-21(8-15-24)9-16-25(17-21)19-3-10-22-11-4-19/h3-4,10-11,18H,2,5-9,12-17H2,1H3. The molecule has 0 aromatic carbocycles. The summed E-state index contributed by atoms with van der Waals surface area (Å²) in [7, 11) is 0. The van der Waals surface area contributed by atoms with Gasteiger partial charge in [0.1, 0.15) is 0 Å². The van der Waals surface area contributed by atoms with Crippen molar-refractivity contribution >= 4 is 11.7 Å². The highest BCUT2D eigenvalue weighted by Crippen LogP contribution is 2.42. The maximum absolute atomic E-state index is 12.9. The third kappa shape index (κ3) is 3.53. The lowest BCUT2D eigenvalue weighted by atomic mass is 9.78. The molecule has 3 aliphatic rings. The van der Waals surface area contributed by atoms with Crippen molar-refractivity contribution in [3.05, 3.63) is 24.5 Å². The second-order valence-electron chi connectivity index (χ2n) is 8.49. The van der Waals surface area contributed by atoms with Gasteiger partial charge in [0.2, 0.25) is 0 Å². The fourth-order valence-electron chi connectivity index (χ4n) is 5.02. The number of amides is 2. The van der Waals surface area contributed by atoms with Gasteiger partial charge in [-0.1, -0.05) is 13.3 Å². The average molecular weight is 357 g/mol. The fraction of sp³-hybridized carbons (Fsp3) is 0.714. The number of piperidine rings is 2. The number of carbonyl (C=O) groups is 1. The number of urea groups is 1. The van der Waals surface area contributed by atoms with E-state index >= 15 is 0 Å². The van der Waals surface area contributed by atoms with E-state index in [4.69, 9.17) is 0 Å². The third-order valence-electron chi connectivity index (χ3n) is 7.02. The van der Waals surface area contributed by atoms with Gasteiger partial charge in [-0.05, 0) is 55.6 Å². The van der Waals surface area contributed by atoms with Crippen molar-refractivity contribution in [2.75, 3.05) is 44.2 Å². The molecular formula is C21H32N4O. The number of carbonyl (C=O) groups excluding carboxylic acids is 1. The molecule has 3 aliphatic heterocycles. The Bertz CT molecular complexity index is 604. The Labute approximate surface area is 157 Å². The van der Waals surface area contributed by atoms with E-state index in [1.54, 1.807) is 0 Å². The number of hydrogen-bond acceptors (Lipinski definition) is 3. The summed E-state index contributed by atoms with van der Waals surface area (Å²) in [5, 5.41) is 0. The minimum Gasteiger partial charge on any atom is -0.371 e. The Morgan fingerprint density at radius 1 is 1.04 bits per heavy atom. The number of anilines is 1. The van der Waals surface area contributed by atoms with Crippen LogP contribution in [0.5, 0.6) is 0 Å². The van der Waals surface area contributed by atoms with Crippen molar-refractivity contribution in [2.45, 2.75) is 45.4 Å². The number of rotatable bonds is 2. The minimum atomic E-state index is 0.290. The number of hydrogen-bond donors (Lipinski definition) is 0. The normalized spacial score (nSPS) is 23.7. The summed E-state index contributed by atoms with van der Waals surface area (Å²) in [6, 6.07) is 4.51. The molecule has 3 fully saturated rings. The van der Waals surface area contributed by atoms with Crippen LogP contribution in [0.4, 0.5) is 10.5 Å². The monoisotopic (exact) mass is 356 g/mol. The van der Waals surface area contributed by atoms with E-state index in [1.165, 1.54) is 31.4 Å². The predicted molar refractivity (Wildman–Crippen MR) is 104 cm³/mol. The summed E-state index contributed by atoms with van der Waals surface area (Å²) in [5.74, 6) is 0.821. The lowest BCUT2D eigenvalue weighted by molar-refractivity contribution is 0.0948. The maximum atomic E-state index is 12.9. The highest BCUT2D eigenvalue weighted by Gasteiger charge is 2.42. The molecule has 1 spiro atoms. The van der Waals surface area contributed by atoms with Crippen LogP contribution >= 0.6 is 0 Å². The van der Waals surface area contributed by atoms with Crippen LogP contribution in [0.3, 0.4) is 0 Å². The van der Waals surface area contributed by atoms with E-state index in [2.05, 4.69) is 38.7 Å². The van der Waals surface area contributed by atoms with Crippen molar-refractivity contribution in [2.24, 2.45) is 11.3 Å². The van der Waals surface area contributed by atoms with Gasteiger partial charge >= 0.3 is 6.03 Å². The Kier molecular flexibility index (Phi) is 5.05. The predicted octanol–water partition coefficient (Wildman–Crippen LogP) is 3.62. The number of aromatic nitrogens is 1. The molecular weight excluding hydrogens is 324 g/mol. The zero-order chi connectivity index (χ0) is 18.0. The van der Waals surface area contributed by atoms with Crippen LogP contribution in [0.25, 0.3) is 0 Å². The average Bonchev–Trinajstić information content (AvgIpc) is 3.12.